The Morgan fingerprint density at radius 3 is 2.53 bits per heavy atom. The number of carbonyl (C=O) groups excluding carboxylic acids is 2. The molecule has 0 saturated heterocycles. The van der Waals surface area contributed by atoms with Gasteiger partial charge >= 0.3 is 12.2 Å². The van der Waals surface area contributed by atoms with Crippen LogP contribution >= 0.6 is 0 Å². The third-order valence-electron chi connectivity index (χ3n) is 2.36. The molecule has 0 aliphatic rings. The molecule has 9 heteroatoms. The smallest absolute Gasteiger partial charge is 0.326 e. The summed E-state index contributed by atoms with van der Waals surface area (Å²) in [6.45, 7) is 1.41. The van der Waals surface area contributed by atoms with Crippen LogP contribution in [0.5, 0.6) is 0 Å². The zero-order valence-electron chi connectivity index (χ0n) is 10.5. The van der Waals surface area contributed by atoms with Gasteiger partial charge in [0.25, 0.3) is 5.91 Å². The predicted octanol–water partition coefficient (Wildman–Crippen LogP) is -1.03. The minimum Gasteiger partial charge on any atom is -0.616 e. The molecule has 8 nitrogen and oxygen atoms in total. The van der Waals surface area contributed by atoms with Crippen LogP contribution in [0.4, 0.5) is 0 Å². The van der Waals surface area contributed by atoms with Gasteiger partial charge < -0.3 is 20.5 Å². The molecule has 0 radical (unpaired) electrons. The second-order valence-corrected chi connectivity index (χ2v) is 5.49. The summed E-state index contributed by atoms with van der Waals surface area (Å²) in [4.78, 5) is 36.0. The lowest BCUT2D eigenvalue weighted by Crippen LogP contribution is -2.46. The van der Waals surface area contributed by atoms with Crippen molar-refractivity contribution in [1.82, 2.24) is 5.32 Å². The topological polar surface area (TPSA) is 143 Å². The van der Waals surface area contributed by atoms with Crippen molar-refractivity contribution in [2.75, 3.05) is 6.26 Å². The van der Waals surface area contributed by atoms with E-state index in [1.807, 2.05) is 0 Å². The number of aliphatic carboxylic acids is 1. The third kappa shape index (κ3) is 6.70. The summed E-state index contributed by atoms with van der Waals surface area (Å²) in [5.74, 6) is -2.51. The quantitative estimate of drug-likeness (QED) is 0.254. The molecule has 0 aromatic heterocycles. The lowest BCUT2D eigenvalue weighted by molar-refractivity contribution is -0.142. The molecule has 0 aromatic carbocycles. The van der Waals surface area contributed by atoms with Crippen LogP contribution in [-0.4, -0.2) is 55.9 Å². The van der Waals surface area contributed by atoms with Crippen LogP contribution in [0.15, 0.2) is 0 Å². The van der Waals surface area contributed by atoms with Crippen LogP contribution in [0.2, 0.25) is 0 Å². The second-order valence-electron chi connectivity index (χ2n) is 3.79. The molecular weight excluding hydrogens is 274 g/mol. The summed E-state index contributed by atoms with van der Waals surface area (Å²) in [5.41, 5.74) is 8.12. The summed E-state index contributed by atoms with van der Waals surface area (Å²) in [5, 5.41) is 10.3. The normalized spacial score (nSPS) is 14.7. The summed E-state index contributed by atoms with van der Waals surface area (Å²) in [6, 6.07) is -1.26. The number of nitrogens with zero attached hydrogens (tertiary/aromatic N) is 2. The van der Waals surface area contributed by atoms with Gasteiger partial charge in [-0.1, -0.05) is 0 Å². The number of hydrogen-bond acceptors (Lipinski definition) is 4. The zero-order valence-corrected chi connectivity index (χ0v) is 11.3. The molecule has 0 spiro atoms. The van der Waals surface area contributed by atoms with Gasteiger partial charge in [0.1, 0.15) is 6.04 Å². The number of carboxylic acid groups (broad SMARTS) is 1. The van der Waals surface area contributed by atoms with Crippen LogP contribution in [0, 0.1) is 0 Å². The lowest BCUT2D eigenvalue weighted by atomic mass is 10.1. The Bertz CT molecular complexity index is 406. The molecule has 19 heavy (non-hydrogen) atoms. The summed E-state index contributed by atoms with van der Waals surface area (Å²) in [6.07, 6.45) is 1.66. The van der Waals surface area contributed by atoms with Gasteiger partial charge in [-0.3, -0.25) is 9.59 Å². The number of carbonyl (C=O) groups is 3. The fraction of sp³-hybridized carbons (Fsp3) is 0.600. The van der Waals surface area contributed by atoms with Gasteiger partial charge in [-0.15, -0.1) is 0 Å². The van der Waals surface area contributed by atoms with Crippen LogP contribution < -0.4 is 5.32 Å². The van der Waals surface area contributed by atoms with Gasteiger partial charge in [-0.2, -0.15) is 4.79 Å². The first kappa shape index (κ1) is 17.3. The van der Waals surface area contributed by atoms with E-state index in [2.05, 4.69) is 10.1 Å². The lowest BCUT2D eigenvalue weighted by Gasteiger charge is -2.17. The number of Topliss-reactive ketones (excluding diaryl/α,β-unsaturated/α-hetero) is 1. The molecule has 0 fully saturated rings. The molecule has 0 saturated carbocycles. The second kappa shape index (κ2) is 8.41. The largest absolute Gasteiger partial charge is 0.616 e. The number of nitrogens with one attached hydrogen (secondary N) is 1. The van der Waals surface area contributed by atoms with E-state index in [4.69, 9.17) is 10.6 Å². The van der Waals surface area contributed by atoms with Crippen molar-refractivity contribution in [3.05, 3.63) is 5.53 Å². The maximum atomic E-state index is 11.6. The minimum atomic E-state index is -1.41. The van der Waals surface area contributed by atoms with E-state index >= 15 is 0 Å². The number of amides is 1. The third-order valence-corrected chi connectivity index (χ3v) is 3.57. The van der Waals surface area contributed by atoms with Crippen molar-refractivity contribution < 1.29 is 28.8 Å². The molecule has 0 rings (SSSR count). The fourth-order valence-electron chi connectivity index (χ4n) is 1.11. The van der Waals surface area contributed by atoms with Gasteiger partial charge in [0, 0.05) is 6.42 Å². The highest BCUT2D eigenvalue weighted by Crippen LogP contribution is 2.03. The van der Waals surface area contributed by atoms with Crippen molar-refractivity contribution in [1.29, 1.82) is 0 Å². The number of carboxylic acids is 1. The van der Waals surface area contributed by atoms with Crippen molar-refractivity contribution >= 4 is 35.1 Å². The van der Waals surface area contributed by atoms with Crippen LogP contribution in [-0.2, 0) is 25.6 Å². The van der Waals surface area contributed by atoms with Gasteiger partial charge in [0.05, 0.1) is 6.26 Å². The van der Waals surface area contributed by atoms with Crippen molar-refractivity contribution in [2.45, 2.75) is 31.1 Å². The van der Waals surface area contributed by atoms with E-state index in [0.29, 0.717) is 6.21 Å². The van der Waals surface area contributed by atoms with E-state index in [1.165, 1.54) is 13.2 Å². The van der Waals surface area contributed by atoms with E-state index in [-0.39, 0.29) is 12.8 Å². The van der Waals surface area contributed by atoms with E-state index in [0.717, 1.165) is 0 Å². The van der Waals surface area contributed by atoms with Crippen molar-refractivity contribution in [2.24, 2.45) is 0 Å². The Kier molecular flexibility index (Phi) is 7.66. The molecule has 3 unspecified atom stereocenters. The first-order chi connectivity index (χ1) is 8.79. The number of hydrogen-bond donors (Lipinski definition) is 2. The van der Waals surface area contributed by atoms with E-state index in [9.17, 15) is 18.9 Å². The molecule has 3 atom stereocenters. The first-order valence-corrected chi connectivity index (χ1v) is 6.97. The van der Waals surface area contributed by atoms with Crippen molar-refractivity contribution in [3.63, 3.8) is 0 Å². The molecule has 0 bridgehead atoms. The summed E-state index contributed by atoms with van der Waals surface area (Å²) >= 11 is -1.41. The van der Waals surface area contributed by atoms with Crippen molar-refractivity contribution in [3.8, 4) is 0 Å². The molecule has 0 aliphatic heterocycles. The molecule has 0 aliphatic carbocycles. The Morgan fingerprint density at radius 2 is 2.11 bits per heavy atom. The summed E-state index contributed by atoms with van der Waals surface area (Å²) < 4.78 is 11.1. The maximum Gasteiger partial charge on any atom is 0.326 e. The zero-order chi connectivity index (χ0) is 15.0. The molecule has 0 heterocycles. The molecule has 1 amide bonds. The Morgan fingerprint density at radius 1 is 1.53 bits per heavy atom. The predicted molar refractivity (Wildman–Crippen MR) is 67.0 cm³/mol. The van der Waals surface area contributed by atoms with Crippen LogP contribution in [0.25, 0.3) is 5.53 Å². The Balaban J connectivity index is 4.50. The standard InChI is InChI=1S/C10H15N3O5S/c1-6(19(2)18)9(15)13-8(10(16)17)4-3-7(14)5-12-11/h5-6,8H,3-4H2,1-2H3,(H,13,15)(H,16,17). The van der Waals surface area contributed by atoms with E-state index in [1.54, 1.807) is 0 Å². The number of ketones is 1. The highest BCUT2D eigenvalue weighted by molar-refractivity contribution is 7.92. The summed E-state index contributed by atoms with van der Waals surface area (Å²) in [7, 11) is 0. The SMILES string of the molecule is CC(C(=O)NC(CCC(=O)C=[N+]=[N-])C(=O)O)[S+](C)[O-]. The first-order valence-electron chi connectivity index (χ1n) is 5.35. The molecule has 0 aromatic rings. The monoisotopic (exact) mass is 289 g/mol. The van der Waals surface area contributed by atoms with Gasteiger partial charge in [0.2, 0.25) is 5.78 Å². The van der Waals surface area contributed by atoms with Crippen LogP contribution in [0.1, 0.15) is 19.8 Å². The highest BCUT2D eigenvalue weighted by atomic mass is 32.2. The van der Waals surface area contributed by atoms with Crippen LogP contribution in [0.3, 0.4) is 0 Å². The van der Waals surface area contributed by atoms with Gasteiger partial charge in [-0.05, 0) is 24.5 Å². The molecular formula is C10H15N3O5S. The fourth-order valence-corrected chi connectivity index (χ4v) is 1.48. The van der Waals surface area contributed by atoms with Gasteiger partial charge in [-0.25, -0.2) is 4.79 Å². The van der Waals surface area contributed by atoms with Gasteiger partial charge in [0.15, 0.2) is 5.25 Å². The number of rotatable bonds is 8. The minimum absolute atomic E-state index is 0.144. The average molecular weight is 289 g/mol. The highest BCUT2D eigenvalue weighted by Gasteiger charge is 2.27. The Labute approximate surface area is 113 Å². The molecule has 106 valence electrons. The van der Waals surface area contributed by atoms with E-state index < -0.39 is 40.1 Å². The Hall–Kier alpha value is -1.70. The average Bonchev–Trinajstić information content (AvgIpc) is 2.32. The molecule has 2 N–H and O–H groups in total. The maximum absolute atomic E-state index is 11.6.